The monoisotopic (exact) mass is 447 g/mol. The van der Waals surface area contributed by atoms with Crippen LogP contribution in [0.2, 0.25) is 0 Å². The van der Waals surface area contributed by atoms with Gasteiger partial charge in [-0.15, -0.1) is 23.1 Å². The summed E-state index contributed by atoms with van der Waals surface area (Å²) < 4.78 is 25.8. The molecule has 0 saturated carbocycles. The van der Waals surface area contributed by atoms with Crippen molar-refractivity contribution in [2.24, 2.45) is 0 Å². The first-order valence-electron chi connectivity index (χ1n) is 8.72. The minimum atomic E-state index is -3.57. The third kappa shape index (κ3) is 5.24. The van der Waals surface area contributed by atoms with Crippen LogP contribution in [-0.2, 0) is 15.8 Å². The quantitative estimate of drug-likeness (QED) is 0.548. The number of benzene rings is 2. The highest BCUT2D eigenvalue weighted by molar-refractivity contribution is 7.98. The van der Waals surface area contributed by atoms with E-state index < -0.39 is 10.0 Å². The fourth-order valence-electron chi connectivity index (χ4n) is 2.47. The number of nitrogens with zero attached hydrogens (tertiary/aromatic N) is 2. The molecule has 3 aromatic rings. The maximum absolute atomic E-state index is 12.6. The summed E-state index contributed by atoms with van der Waals surface area (Å²) in [4.78, 5) is 18.1. The van der Waals surface area contributed by atoms with Crippen molar-refractivity contribution < 1.29 is 13.2 Å². The van der Waals surface area contributed by atoms with Crippen molar-refractivity contribution in [3.05, 3.63) is 70.2 Å². The van der Waals surface area contributed by atoms with Crippen LogP contribution in [0.25, 0.3) is 0 Å². The van der Waals surface area contributed by atoms with Crippen molar-refractivity contribution >= 4 is 44.7 Å². The number of nitrogens with one attached hydrogen (secondary N) is 1. The Bertz CT molecular complexity index is 1090. The summed E-state index contributed by atoms with van der Waals surface area (Å²) in [5, 5.41) is 4.83. The van der Waals surface area contributed by atoms with E-state index >= 15 is 0 Å². The van der Waals surface area contributed by atoms with Gasteiger partial charge in [-0.2, -0.15) is 0 Å². The molecule has 1 amide bonds. The summed E-state index contributed by atoms with van der Waals surface area (Å²) in [5.41, 5.74) is 4.60. The first kappa shape index (κ1) is 21.5. The average molecular weight is 448 g/mol. The molecule has 1 aromatic heterocycles. The van der Waals surface area contributed by atoms with Gasteiger partial charge in [-0.05, 0) is 48.9 Å². The van der Waals surface area contributed by atoms with Crippen molar-refractivity contribution in [3.8, 4) is 0 Å². The van der Waals surface area contributed by atoms with E-state index in [2.05, 4.69) is 10.3 Å². The lowest BCUT2D eigenvalue weighted by atomic mass is 10.1. The molecule has 9 heteroatoms. The molecule has 0 aliphatic carbocycles. The number of sulfonamides is 1. The fourth-order valence-corrected chi connectivity index (χ4v) is 4.86. The Labute approximate surface area is 179 Å². The molecule has 3 rings (SSSR count). The molecule has 0 aliphatic heterocycles. The SMILES string of the molecule is Cc1ccc(S(=O)(=O)N(C)C)cc1NC(=O)c1ccc(SCc2cscn2)cc1. The molecule has 1 heterocycles. The molecule has 0 bridgehead atoms. The smallest absolute Gasteiger partial charge is 0.255 e. The number of thiazole rings is 1. The number of aromatic nitrogens is 1. The summed E-state index contributed by atoms with van der Waals surface area (Å²) in [6.07, 6.45) is 0. The number of carbonyl (C=O) groups is 1. The van der Waals surface area contributed by atoms with Gasteiger partial charge in [0.1, 0.15) is 0 Å². The zero-order valence-electron chi connectivity index (χ0n) is 16.2. The highest BCUT2D eigenvalue weighted by Crippen LogP contribution is 2.25. The second-order valence-corrected chi connectivity index (χ2v) is 10.4. The van der Waals surface area contributed by atoms with Gasteiger partial charge in [-0.3, -0.25) is 4.79 Å². The molecule has 0 unspecified atom stereocenters. The Kier molecular flexibility index (Phi) is 6.74. The van der Waals surface area contributed by atoms with E-state index in [4.69, 9.17) is 0 Å². The molecule has 6 nitrogen and oxygen atoms in total. The predicted molar refractivity (Wildman–Crippen MR) is 118 cm³/mol. The van der Waals surface area contributed by atoms with E-state index in [1.165, 1.54) is 26.2 Å². The van der Waals surface area contributed by atoms with Crippen LogP contribution in [0.5, 0.6) is 0 Å². The summed E-state index contributed by atoms with van der Waals surface area (Å²) in [6.45, 7) is 1.82. The van der Waals surface area contributed by atoms with E-state index in [-0.39, 0.29) is 10.8 Å². The Morgan fingerprint density at radius 3 is 2.52 bits per heavy atom. The number of amides is 1. The van der Waals surface area contributed by atoms with Gasteiger partial charge in [0.15, 0.2) is 0 Å². The van der Waals surface area contributed by atoms with Gasteiger partial charge in [0.25, 0.3) is 5.91 Å². The maximum atomic E-state index is 12.6. The van der Waals surface area contributed by atoms with Gasteiger partial charge in [-0.1, -0.05) is 6.07 Å². The first-order valence-corrected chi connectivity index (χ1v) is 12.1. The van der Waals surface area contributed by atoms with E-state index in [9.17, 15) is 13.2 Å². The van der Waals surface area contributed by atoms with Crippen LogP contribution < -0.4 is 5.32 Å². The van der Waals surface area contributed by atoms with Gasteiger partial charge < -0.3 is 5.32 Å². The molecule has 152 valence electrons. The molecular formula is C20H21N3O3S3. The second-order valence-electron chi connectivity index (χ2n) is 6.51. The molecule has 2 aromatic carbocycles. The van der Waals surface area contributed by atoms with Crippen molar-refractivity contribution in [1.82, 2.24) is 9.29 Å². The number of hydrogen-bond donors (Lipinski definition) is 1. The lowest BCUT2D eigenvalue weighted by molar-refractivity contribution is 0.102. The fraction of sp³-hybridized carbons (Fsp3) is 0.200. The predicted octanol–water partition coefficient (Wildman–Crippen LogP) is 4.25. The standard InChI is InChI=1S/C20H21N3O3S3/c1-14-4-9-18(29(25,26)23(2)3)10-19(14)22-20(24)15-5-7-17(8-6-15)28-12-16-11-27-13-21-16/h4-11,13H,12H2,1-3H3,(H,22,24). The van der Waals surface area contributed by atoms with E-state index in [1.807, 2.05) is 29.9 Å². The van der Waals surface area contributed by atoms with E-state index in [1.54, 1.807) is 41.3 Å². The number of anilines is 1. The first-order chi connectivity index (χ1) is 13.8. The summed E-state index contributed by atoms with van der Waals surface area (Å²) >= 11 is 3.22. The normalized spacial score (nSPS) is 11.6. The average Bonchev–Trinajstić information content (AvgIpc) is 3.21. The largest absolute Gasteiger partial charge is 0.322 e. The van der Waals surface area contributed by atoms with Gasteiger partial charge in [0, 0.05) is 41.4 Å². The summed E-state index contributed by atoms with van der Waals surface area (Å²) in [6, 6.07) is 12.0. The highest BCUT2D eigenvalue weighted by Gasteiger charge is 2.19. The number of rotatable bonds is 7. The zero-order valence-corrected chi connectivity index (χ0v) is 18.7. The van der Waals surface area contributed by atoms with Crippen LogP contribution in [0.15, 0.2) is 63.1 Å². The number of hydrogen-bond acceptors (Lipinski definition) is 6. The van der Waals surface area contributed by atoms with Crippen LogP contribution in [0.1, 0.15) is 21.6 Å². The van der Waals surface area contributed by atoms with Crippen molar-refractivity contribution in [2.45, 2.75) is 22.5 Å². The zero-order chi connectivity index (χ0) is 21.0. The lowest BCUT2D eigenvalue weighted by Crippen LogP contribution is -2.22. The number of carbonyl (C=O) groups excluding carboxylic acids is 1. The minimum Gasteiger partial charge on any atom is -0.322 e. The van der Waals surface area contributed by atoms with Crippen LogP contribution in [0, 0.1) is 6.92 Å². The molecule has 0 saturated heterocycles. The Balaban J connectivity index is 1.71. The van der Waals surface area contributed by atoms with Crippen LogP contribution >= 0.6 is 23.1 Å². The van der Waals surface area contributed by atoms with Crippen LogP contribution in [0.3, 0.4) is 0 Å². The molecule has 0 fully saturated rings. The summed E-state index contributed by atoms with van der Waals surface area (Å²) in [5.74, 6) is 0.491. The van der Waals surface area contributed by atoms with Crippen molar-refractivity contribution in [1.29, 1.82) is 0 Å². The van der Waals surface area contributed by atoms with Crippen molar-refractivity contribution in [3.63, 3.8) is 0 Å². The van der Waals surface area contributed by atoms with Gasteiger partial charge >= 0.3 is 0 Å². The maximum Gasteiger partial charge on any atom is 0.255 e. The molecule has 29 heavy (non-hydrogen) atoms. The van der Waals surface area contributed by atoms with Gasteiger partial charge in [0.2, 0.25) is 10.0 Å². The number of aryl methyl sites for hydroxylation is 1. The van der Waals surface area contributed by atoms with Crippen LogP contribution in [-0.4, -0.2) is 37.7 Å². The minimum absolute atomic E-state index is 0.136. The third-order valence-electron chi connectivity index (χ3n) is 4.22. The lowest BCUT2D eigenvalue weighted by Gasteiger charge is -2.14. The molecule has 0 spiro atoms. The van der Waals surface area contributed by atoms with Crippen LogP contribution in [0.4, 0.5) is 5.69 Å². The molecule has 0 aliphatic rings. The molecule has 0 atom stereocenters. The third-order valence-corrected chi connectivity index (χ3v) is 7.71. The Morgan fingerprint density at radius 2 is 1.90 bits per heavy atom. The van der Waals surface area contributed by atoms with Gasteiger partial charge in [0.05, 0.1) is 16.1 Å². The highest BCUT2D eigenvalue weighted by atomic mass is 32.2. The second kappa shape index (κ2) is 9.08. The Hall–Kier alpha value is -2.20. The van der Waals surface area contributed by atoms with E-state index in [0.29, 0.717) is 11.3 Å². The molecule has 0 radical (unpaired) electrons. The van der Waals surface area contributed by atoms with Gasteiger partial charge in [-0.25, -0.2) is 17.7 Å². The summed E-state index contributed by atoms with van der Waals surface area (Å²) in [7, 11) is -0.625. The molecule has 1 N–H and O–H groups in total. The number of thioether (sulfide) groups is 1. The molecular weight excluding hydrogens is 426 g/mol. The Morgan fingerprint density at radius 1 is 1.17 bits per heavy atom. The topological polar surface area (TPSA) is 79.4 Å². The van der Waals surface area contributed by atoms with E-state index in [0.717, 1.165) is 26.2 Å². The van der Waals surface area contributed by atoms with Crippen molar-refractivity contribution in [2.75, 3.05) is 19.4 Å².